The molecule has 0 spiro atoms. The Kier molecular flexibility index (Phi) is 6.55. The molecule has 1 amide bonds. The molecule has 8 nitrogen and oxygen atoms in total. The van der Waals surface area contributed by atoms with E-state index in [-0.39, 0.29) is 17.7 Å². The number of aryl methyl sites for hydroxylation is 1. The van der Waals surface area contributed by atoms with E-state index >= 15 is 0 Å². The normalized spacial score (nSPS) is 15.8. The Morgan fingerprint density at radius 2 is 1.92 bits per heavy atom. The van der Waals surface area contributed by atoms with Crippen LogP contribution in [-0.2, 0) is 16.0 Å². The molecule has 2 rings (SSSR count). The summed E-state index contributed by atoms with van der Waals surface area (Å²) in [6, 6.07) is 0. The maximum Gasteiger partial charge on any atom is 0.410 e. The highest BCUT2D eigenvalue weighted by Gasteiger charge is 2.32. The summed E-state index contributed by atoms with van der Waals surface area (Å²) in [5, 5.41) is 7.92. The monoisotopic (exact) mass is 370 g/mol. The van der Waals surface area contributed by atoms with Gasteiger partial charge in [-0.05, 0) is 40.0 Å². The van der Waals surface area contributed by atoms with Gasteiger partial charge in [-0.3, -0.25) is 4.39 Å². The number of aromatic nitrogens is 3. The van der Waals surface area contributed by atoms with Crippen molar-refractivity contribution >= 4 is 12.1 Å². The van der Waals surface area contributed by atoms with Crippen molar-refractivity contribution in [2.75, 3.05) is 26.9 Å². The zero-order valence-corrected chi connectivity index (χ0v) is 15.8. The topological polar surface area (TPSA) is 86.5 Å². The smallest absolute Gasteiger partial charge is 0.410 e. The highest BCUT2D eigenvalue weighted by atomic mass is 19.1. The molecule has 1 aromatic heterocycles. The molecule has 0 atom stereocenters. The minimum absolute atomic E-state index is 0.00241. The van der Waals surface area contributed by atoms with Crippen LogP contribution in [0.4, 0.5) is 9.18 Å². The summed E-state index contributed by atoms with van der Waals surface area (Å²) < 4.78 is 24.3. The van der Waals surface area contributed by atoms with E-state index in [0.29, 0.717) is 44.6 Å². The molecule has 0 aromatic carbocycles. The average Bonchev–Trinajstić information content (AvgIpc) is 3.01. The molecule has 1 fully saturated rings. The lowest BCUT2D eigenvalue weighted by atomic mass is 9.92. The Balaban J connectivity index is 2.11. The Morgan fingerprint density at radius 1 is 1.27 bits per heavy atom. The van der Waals surface area contributed by atoms with Crippen LogP contribution in [0.3, 0.4) is 0 Å². The Hall–Kier alpha value is -2.19. The number of halogens is 1. The van der Waals surface area contributed by atoms with E-state index in [9.17, 15) is 14.0 Å². The van der Waals surface area contributed by atoms with Crippen molar-refractivity contribution < 1.29 is 23.5 Å². The number of methoxy groups -OCH3 is 1. The fraction of sp³-hybridized carbons (Fsp3) is 0.765. The molecule has 2 heterocycles. The first-order valence-corrected chi connectivity index (χ1v) is 8.82. The van der Waals surface area contributed by atoms with E-state index in [1.54, 1.807) is 9.58 Å². The maximum absolute atomic E-state index is 12.5. The molecular weight excluding hydrogens is 343 g/mol. The standard InChI is InChI=1S/C17H27FN4O4/c1-17(2,3)26-16(24)21-10-6-12(7-11-21)14-13(15(23)25-4)19-20-22(14)9-5-8-18/h12H,5-11H2,1-4H3. The number of piperidine rings is 1. The van der Waals surface area contributed by atoms with Crippen LogP contribution in [0.5, 0.6) is 0 Å². The Labute approximate surface area is 152 Å². The first-order valence-electron chi connectivity index (χ1n) is 8.82. The molecule has 0 N–H and O–H groups in total. The van der Waals surface area contributed by atoms with E-state index in [1.165, 1.54) is 7.11 Å². The van der Waals surface area contributed by atoms with Crippen molar-refractivity contribution in [3.63, 3.8) is 0 Å². The van der Waals surface area contributed by atoms with Gasteiger partial charge in [-0.1, -0.05) is 5.21 Å². The van der Waals surface area contributed by atoms with Crippen molar-refractivity contribution in [2.45, 2.75) is 58.1 Å². The minimum Gasteiger partial charge on any atom is -0.464 e. The van der Waals surface area contributed by atoms with Crippen LogP contribution in [0.25, 0.3) is 0 Å². The largest absolute Gasteiger partial charge is 0.464 e. The van der Waals surface area contributed by atoms with Gasteiger partial charge in [0.25, 0.3) is 0 Å². The molecule has 0 unspecified atom stereocenters. The Bertz CT molecular complexity index is 633. The number of carbonyl (C=O) groups excluding carboxylic acids is 2. The van der Waals surface area contributed by atoms with Gasteiger partial charge >= 0.3 is 12.1 Å². The highest BCUT2D eigenvalue weighted by molar-refractivity contribution is 5.88. The molecule has 1 aromatic rings. The van der Waals surface area contributed by atoms with Gasteiger partial charge in [0, 0.05) is 25.6 Å². The summed E-state index contributed by atoms with van der Waals surface area (Å²) in [6.45, 7) is 6.38. The van der Waals surface area contributed by atoms with Crippen LogP contribution in [-0.4, -0.2) is 64.4 Å². The number of esters is 1. The fourth-order valence-electron chi connectivity index (χ4n) is 3.00. The number of nitrogens with zero attached hydrogens (tertiary/aromatic N) is 4. The lowest BCUT2D eigenvalue weighted by Crippen LogP contribution is -2.41. The third-order valence-electron chi connectivity index (χ3n) is 4.19. The predicted octanol–water partition coefficient (Wildman–Crippen LogP) is 2.54. The van der Waals surface area contributed by atoms with Crippen LogP contribution < -0.4 is 0 Å². The van der Waals surface area contributed by atoms with Crippen molar-refractivity contribution in [1.82, 2.24) is 19.9 Å². The van der Waals surface area contributed by atoms with E-state index in [1.807, 2.05) is 20.8 Å². The van der Waals surface area contributed by atoms with Crippen LogP contribution in [0.15, 0.2) is 0 Å². The molecule has 0 aliphatic carbocycles. The van der Waals surface area contributed by atoms with Gasteiger partial charge in [-0.2, -0.15) is 0 Å². The van der Waals surface area contributed by atoms with E-state index in [4.69, 9.17) is 9.47 Å². The van der Waals surface area contributed by atoms with Gasteiger partial charge in [0.05, 0.1) is 19.5 Å². The second kappa shape index (κ2) is 8.46. The number of rotatable bonds is 5. The van der Waals surface area contributed by atoms with Crippen molar-refractivity contribution in [1.29, 1.82) is 0 Å². The number of hydrogen-bond acceptors (Lipinski definition) is 6. The predicted molar refractivity (Wildman–Crippen MR) is 91.7 cm³/mol. The molecule has 1 aliphatic rings. The molecular formula is C17H27FN4O4. The highest BCUT2D eigenvalue weighted by Crippen LogP contribution is 2.30. The molecule has 9 heteroatoms. The van der Waals surface area contributed by atoms with Crippen LogP contribution in [0.2, 0.25) is 0 Å². The summed E-state index contributed by atoms with van der Waals surface area (Å²) in [6.07, 6.45) is 1.25. The fourth-order valence-corrected chi connectivity index (χ4v) is 3.00. The van der Waals surface area contributed by atoms with Crippen molar-refractivity contribution in [2.24, 2.45) is 0 Å². The first kappa shape index (κ1) is 20.1. The van der Waals surface area contributed by atoms with Gasteiger partial charge in [0.2, 0.25) is 0 Å². The van der Waals surface area contributed by atoms with E-state index in [2.05, 4.69) is 10.3 Å². The number of hydrogen-bond donors (Lipinski definition) is 0. The van der Waals surface area contributed by atoms with Gasteiger partial charge in [0.1, 0.15) is 5.60 Å². The lowest BCUT2D eigenvalue weighted by Gasteiger charge is -2.33. The molecule has 146 valence electrons. The van der Waals surface area contributed by atoms with Crippen molar-refractivity contribution in [3.8, 4) is 0 Å². The zero-order valence-electron chi connectivity index (χ0n) is 15.8. The number of likely N-dealkylation sites (tertiary alicyclic amines) is 1. The third-order valence-corrected chi connectivity index (χ3v) is 4.19. The summed E-state index contributed by atoms with van der Waals surface area (Å²) in [4.78, 5) is 25.9. The van der Waals surface area contributed by atoms with Crippen LogP contribution >= 0.6 is 0 Å². The molecule has 1 aliphatic heterocycles. The second-order valence-electron chi connectivity index (χ2n) is 7.32. The van der Waals surface area contributed by atoms with Gasteiger partial charge in [-0.25, -0.2) is 14.3 Å². The van der Waals surface area contributed by atoms with Crippen LogP contribution in [0.1, 0.15) is 62.1 Å². The first-order chi connectivity index (χ1) is 12.3. The average molecular weight is 370 g/mol. The molecule has 0 bridgehead atoms. The lowest BCUT2D eigenvalue weighted by molar-refractivity contribution is 0.0202. The number of carbonyl (C=O) groups is 2. The molecule has 26 heavy (non-hydrogen) atoms. The molecule has 1 saturated heterocycles. The number of ether oxygens (including phenoxy) is 2. The van der Waals surface area contributed by atoms with Gasteiger partial charge in [-0.15, -0.1) is 5.10 Å². The summed E-state index contributed by atoms with van der Waals surface area (Å²) >= 11 is 0. The number of amides is 1. The van der Waals surface area contributed by atoms with E-state index in [0.717, 1.165) is 0 Å². The van der Waals surface area contributed by atoms with Crippen molar-refractivity contribution in [3.05, 3.63) is 11.4 Å². The second-order valence-corrected chi connectivity index (χ2v) is 7.32. The minimum atomic E-state index is -0.555. The number of alkyl halides is 1. The Morgan fingerprint density at radius 3 is 2.46 bits per heavy atom. The summed E-state index contributed by atoms with van der Waals surface area (Å²) in [7, 11) is 1.29. The molecule has 0 radical (unpaired) electrons. The SMILES string of the molecule is COC(=O)c1nnn(CCCF)c1C1CCN(C(=O)OC(C)(C)C)CC1. The maximum atomic E-state index is 12.5. The quantitative estimate of drug-likeness (QED) is 0.741. The van der Waals surface area contributed by atoms with Crippen LogP contribution in [0, 0.1) is 0 Å². The molecule has 0 saturated carbocycles. The zero-order chi connectivity index (χ0) is 19.3. The summed E-state index contributed by atoms with van der Waals surface area (Å²) in [5.41, 5.74) is 0.289. The van der Waals surface area contributed by atoms with E-state index < -0.39 is 18.2 Å². The third kappa shape index (κ3) is 4.92. The van der Waals surface area contributed by atoms with Gasteiger partial charge < -0.3 is 14.4 Å². The van der Waals surface area contributed by atoms with Gasteiger partial charge in [0.15, 0.2) is 5.69 Å². The summed E-state index contributed by atoms with van der Waals surface area (Å²) in [5.74, 6) is -0.557.